The van der Waals surface area contributed by atoms with Gasteiger partial charge in [0.05, 0.1) is 12.2 Å². The third-order valence-corrected chi connectivity index (χ3v) is 3.33. The van der Waals surface area contributed by atoms with Gasteiger partial charge in [-0.05, 0) is 25.5 Å². The van der Waals surface area contributed by atoms with E-state index in [9.17, 15) is 0 Å². The summed E-state index contributed by atoms with van der Waals surface area (Å²) < 4.78 is 5.32. The van der Waals surface area contributed by atoms with Gasteiger partial charge in [0.15, 0.2) is 11.6 Å². The Morgan fingerprint density at radius 3 is 2.91 bits per heavy atom. The van der Waals surface area contributed by atoms with E-state index in [2.05, 4.69) is 32.3 Å². The van der Waals surface area contributed by atoms with Crippen molar-refractivity contribution in [1.82, 2.24) is 20.1 Å². The molecule has 6 nitrogen and oxygen atoms in total. The molecule has 3 heterocycles. The summed E-state index contributed by atoms with van der Waals surface area (Å²) in [5.41, 5.74) is 2.77. The van der Waals surface area contributed by atoms with Crippen LogP contribution in [0.3, 0.4) is 0 Å². The molecule has 23 heavy (non-hydrogen) atoms. The maximum Gasteiger partial charge on any atom is 0.163 e. The minimum absolute atomic E-state index is 0.541. The van der Waals surface area contributed by atoms with Gasteiger partial charge in [0.1, 0.15) is 5.82 Å². The zero-order chi connectivity index (χ0) is 16.1. The van der Waals surface area contributed by atoms with E-state index in [1.807, 2.05) is 31.2 Å². The Labute approximate surface area is 135 Å². The van der Waals surface area contributed by atoms with Gasteiger partial charge < -0.3 is 9.84 Å². The van der Waals surface area contributed by atoms with Crippen LogP contribution >= 0.6 is 0 Å². The average molecular weight is 309 g/mol. The predicted octanol–water partition coefficient (Wildman–Crippen LogP) is 3.40. The van der Waals surface area contributed by atoms with Gasteiger partial charge in [0.2, 0.25) is 0 Å². The maximum absolute atomic E-state index is 5.32. The van der Waals surface area contributed by atoms with E-state index in [0.717, 1.165) is 41.4 Å². The molecule has 0 bridgehead atoms. The summed E-state index contributed by atoms with van der Waals surface area (Å²) in [5, 5.41) is 7.31. The number of rotatable bonds is 6. The molecule has 0 aliphatic rings. The summed E-state index contributed by atoms with van der Waals surface area (Å²) in [6.45, 7) is 4.61. The van der Waals surface area contributed by atoms with Crippen molar-refractivity contribution in [1.29, 1.82) is 0 Å². The molecule has 0 saturated heterocycles. The molecule has 0 spiro atoms. The largest absolute Gasteiger partial charge is 0.363 e. The fourth-order valence-corrected chi connectivity index (χ4v) is 2.27. The first-order valence-corrected chi connectivity index (χ1v) is 7.69. The molecule has 0 saturated carbocycles. The Bertz CT molecular complexity index is 770. The smallest absolute Gasteiger partial charge is 0.163 e. The molecule has 3 aromatic heterocycles. The highest BCUT2D eigenvalue weighted by Gasteiger charge is 2.07. The molecule has 0 radical (unpaired) electrons. The summed E-state index contributed by atoms with van der Waals surface area (Å²) in [7, 11) is 0. The lowest BCUT2D eigenvalue weighted by molar-refractivity contribution is 0.381. The fraction of sp³-hybridized carbons (Fsp3) is 0.294. The molecule has 0 aliphatic heterocycles. The molecular weight excluding hydrogens is 290 g/mol. The van der Waals surface area contributed by atoms with Crippen LogP contribution in [0.4, 0.5) is 5.82 Å². The first-order valence-electron chi connectivity index (χ1n) is 7.69. The van der Waals surface area contributed by atoms with Gasteiger partial charge >= 0.3 is 0 Å². The standard InChI is InChI=1S/C17H19N5O/c1-3-5-14-9-15(23-22-14)11-19-16-8-12(2)20-17(21-16)13-6-4-7-18-10-13/h4,6-10H,3,5,11H2,1-2H3,(H,19,20,21). The van der Waals surface area contributed by atoms with Crippen LogP contribution in [0.1, 0.15) is 30.5 Å². The number of hydrogen-bond donors (Lipinski definition) is 1. The van der Waals surface area contributed by atoms with Gasteiger partial charge in [-0.15, -0.1) is 0 Å². The molecule has 0 aromatic carbocycles. The number of hydrogen-bond acceptors (Lipinski definition) is 6. The molecule has 1 N–H and O–H groups in total. The molecule has 6 heteroatoms. The SMILES string of the molecule is CCCc1cc(CNc2cc(C)nc(-c3cccnc3)n2)on1. The van der Waals surface area contributed by atoms with E-state index in [1.165, 1.54) is 0 Å². The third kappa shape index (κ3) is 3.91. The van der Waals surface area contributed by atoms with Crippen LogP contribution in [0.2, 0.25) is 0 Å². The normalized spacial score (nSPS) is 10.7. The first kappa shape index (κ1) is 15.1. The number of nitrogens with zero attached hydrogens (tertiary/aromatic N) is 4. The summed E-state index contributed by atoms with van der Waals surface area (Å²) in [6.07, 6.45) is 5.47. The lowest BCUT2D eigenvalue weighted by Gasteiger charge is -2.07. The van der Waals surface area contributed by atoms with Crippen molar-refractivity contribution < 1.29 is 4.52 Å². The monoisotopic (exact) mass is 309 g/mol. The number of nitrogens with one attached hydrogen (secondary N) is 1. The molecule has 0 fully saturated rings. The van der Waals surface area contributed by atoms with Crippen LogP contribution in [-0.2, 0) is 13.0 Å². The lowest BCUT2D eigenvalue weighted by atomic mass is 10.2. The first-order chi connectivity index (χ1) is 11.2. The zero-order valence-corrected chi connectivity index (χ0v) is 13.3. The molecule has 0 aliphatic carbocycles. The second-order valence-electron chi connectivity index (χ2n) is 5.35. The van der Waals surface area contributed by atoms with Crippen molar-refractivity contribution in [3.05, 3.63) is 53.8 Å². The van der Waals surface area contributed by atoms with E-state index >= 15 is 0 Å². The van der Waals surface area contributed by atoms with E-state index < -0.39 is 0 Å². The molecule has 0 amide bonds. The Morgan fingerprint density at radius 2 is 2.13 bits per heavy atom. The summed E-state index contributed by atoms with van der Waals surface area (Å²) in [6, 6.07) is 7.70. The van der Waals surface area contributed by atoms with Gasteiger partial charge in [0.25, 0.3) is 0 Å². The highest BCUT2D eigenvalue weighted by molar-refractivity contribution is 5.56. The second-order valence-corrected chi connectivity index (χ2v) is 5.35. The summed E-state index contributed by atoms with van der Waals surface area (Å²) in [5.74, 6) is 2.21. The minimum Gasteiger partial charge on any atom is -0.363 e. The van der Waals surface area contributed by atoms with Gasteiger partial charge in [-0.3, -0.25) is 4.98 Å². The number of aromatic nitrogens is 4. The Kier molecular flexibility index (Phi) is 4.61. The summed E-state index contributed by atoms with van der Waals surface area (Å²) >= 11 is 0. The topological polar surface area (TPSA) is 76.7 Å². The van der Waals surface area contributed by atoms with Crippen molar-refractivity contribution in [2.75, 3.05) is 5.32 Å². The summed E-state index contributed by atoms with van der Waals surface area (Å²) in [4.78, 5) is 13.1. The second kappa shape index (κ2) is 7.00. The van der Waals surface area contributed by atoms with Crippen molar-refractivity contribution in [2.24, 2.45) is 0 Å². The van der Waals surface area contributed by atoms with E-state index in [-0.39, 0.29) is 0 Å². The molecule has 0 atom stereocenters. The number of anilines is 1. The van der Waals surface area contributed by atoms with Crippen molar-refractivity contribution >= 4 is 5.82 Å². The van der Waals surface area contributed by atoms with Crippen LogP contribution in [0, 0.1) is 6.92 Å². The van der Waals surface area contributed by atoms with Crippen molar-refractivity contribution in [2.45, 2.75) is 33.2 Å². The van der Waals surface area contributed by atoms with Gasteiger partial charge in [0, 0.05) is 35.8 Å². The van der Waals surface area contributed by atoms with Crippen LogP contribution < -0.4 is 5.32 Å². The van der Waals surface area contributed by atoms with Crippen molar-refractivity contribution in [3.8, 4) is 11.4 Å². The van der Waals surface area contributed by atoms with Gasteiger partial charge in [-0.1, -0.05) is 18.5 Å². The molecule has 0 unspecified atom stereocenters. The molecular formula is C17H19N5O. The molecule has 3 rings (SSSR count). The lowest BCUT2D eigenvalue weighted by Crippen LogP contribution is -2.03. The average Bonchev–Trinajstić information content (AvgIpc) is 3.01. The van der Waals surface area contributed by atoms with Crippen molar-refractivity contribution in [3.63, 3.8) is 0 Å². The zero-order valence-electron chi connectivity index (χ0n) is 13.3. The van der Waals surface area contributed by atoms with Gasteiger partial charge in [-0.25, -0.2) is 9.97 Å². The van der Waals surface area contributed by atoms with E-state index in [0.29, 0.717) is 12.4 Å². The van der Waals surface area contributed by atoms with Crippen LogP contribution in [-0.4, -0.2) is 20.1 Å². The highest BCUT2D eigenvalue weighted by Crippen LogP contribution is 2.17. The molecule has 118 valence electrons. The van der Waals surface area contributed by atoms with E-state index in [1.54, 1.807) is 12.4 Å². The predicted molar refractivity (Wildman–Crippen MR) is 87.8 cm³/mol. The van der Waals surface area contributed by atoms with Crippen LogP contribution in [0.5, 0.6) is 0 Å². The Balaban J connectivity index is 1.73. The highest BCUT2D eigenvalue weighted by atomic mass is 16.5. The quantitative estimate of drug-likeness (QED) is 0.752. The Hall–Kier alpha value is -2.76. The maximum atomic E-state index is 5.32. The number of aryl methyl sites for hydroxylation is 2. The van der Waals surface area contributed by atoms with Gasteiger partial charge in [-0.2, -0.15) is 0 Å². The van der Waals surface area contributed by atoms with Crippen LogP contribution in [0.25, 0.3) is 11.4 Å². The van der Waals surface area contributed by atoms with Crippen LogP contribution in [0.15, 0.2) is 41.2 Å². The Morgan fingerprint density at radius 1 is 1.22 bits per heavy atom. The third-order valence-electron chi connectivity index (χ3n) is 3.33. The number of pyridine rings is 1. The van der Waals surface area contributed by atoms with E-state index in [4.69, 9.17) is 4.52 Å². The minimum atomic E-state index is 0.541. The molecule has 3 aromatic rings. The fourth-order valence-electron chi connectivity index (χ4n) is 2.27.